The lowest BCUT2D eigenvalue weighted by Crippen LogP contribution is -2.07. The minimum Gasteiger partial charge on any atom is -0.309 e. The fourth-order valence-corrected chi connectivity index (χ4v) is 10.7. The molecule has 2 aliphatic rings. The molecule has 2 aromatic heterocycles. The van der Waals surface area contributed by atoms with Crippen molar-refractivity contribution in [2.24, 2.45) is 0 Å². The SMILES string of the molecule is C=Cc1c(/C=C\C)c2cc(-c3ccc4c(c3)c3ccccc3n4-c3ccccc3-c3ccc(-c4ccccc4)cc3)ccc2n1-c1ccc2c3c(c4c(c2c1)C=CCC4)CCC=C3.CC.CC. The van der Waals surface area contributed by atoms with E-state index in [0.717, 1.165) is 37.1 Å². The first-order valence-electron chi connectivity index (χ1n) is 24.4. The Morgan fingerprint density at radius 2 is 1.03 bits per heavy atom. The Bertz CT molecular complexity index is 3570. The normalized spacial score (nSPS) is 12.8. The van der Waals surface area contributed by atoms with E-state index < -0.39 is 0 Å². The molecule has 0 spiro atoms. The summed E-state index contributed by atoms with van der Waals surface area (Å²) in [5, 5.41) is 6.37. The van der Waals surface area contributed by atoms with Gasteiger partial charge in [0.15, 0.2) is 0 Å². The van der Waals surface area contributed by atoms with Gasteiger partial charge in [-0.25, -0.2) is 0 Å². The van der Waals surface area contributed by atoms with Crippen molar-refractivity contribution >= 4 is 67.8 Å². The van der Waals surface area contributed by atoms with Crippen LogP contribution in [0.4, 0.5) is 0 Å². The van der Waals surface area contributed by atoms with Crippen LogP contribution in [0.25, 0.3) is 113 Å². The Morgan fingerprint density at radius 3 is 1.73 bits per heavy atom. The molecule has 0 N–H and O–H groups in total. The van der Waals surface area contributed by atoms with E-state index in [1.165, 1.54) is 99.2 Å². The van der Waals surface area contributed by atoms with Crippen LogP contribution in [0.3, 0.4) is 0 Å². The number of hydrogen-bond donors (Lipinski definition) is 0. The number of fused-ring (bicyclic) bond motifs is 10. The van der Waals surface area contributed by atoms with Gasteiger partial charge < -0.3 is 9.13 Å². The Morgan fingerprint density at radius 1 is 0.463 bits per heavy atom. The predicted octanol–water partition coefficient (Wildman–Crippen LogP) is 18.5. The average Bonchev–Trinajstić information content (AvgIpc) is 3.91. The van der Waals surface area contributed by atoms with E-state index in [-0.39, 0.29) is 0 Å². The molecule has 0 aliphatic heterocycles. The molecule has 2 heterocycles. The summed E-state index contributed by atoms with van der Waals surface area (Å²) < 4.78 is 4.86. The highest BCUT2D eigenvalue weighted by Crippen LogP contribution is 2.42. The molecule has 10 aromatic rings. The van der Waals surface area contributed by atoms with Crippen LogP contribution in [-0.2, 0) is 12.8 Å². The van der Waals surface area contributed by atoms with Gasteiger partial charge in [-0.3, -0.25) is 0 Å². The maximum Gasteiger partial charge on any atom is 0.0541 e. The van der Waals surface area contributed by atoms with Crippen molar-refractivity contribution in [3.8, 4) is 44.8 Å². The largest absolute Gasteiger partial charge is 0.309 e. The first-order valence-corrected chi connectivity index (χ1v) is 24.4. The van der Waals surface area contributed by atoms with Crippen molar-refractivity contribution in [1.82, 2.24) is 9.13 Å². The van der Waals surface area contributed by atoms with Crippen molar-refractivity contribution in [2.45, 2.75) is 60.3 Å². The molecule has 0 radical (unpaired) electrons. The zero-order valence-corrected chi connectivity index (χ0v) is 39.5. The van der Waals surface area contributed by atoms with Crippen LogP contribution in [0.5, 0.6) is 0 Å². The molecule has 328 valence electrons. The molecule has 8 aromatic carbocycles. The predicted molar refractivity (Wildman–Crippen MR) is 294 cm³/mol. The van der Waals surface area contributed by atoms with E-state index in [1.54, 1.807) is 11.1 Å². The molecule has 0 atom stereocenters. The minimum atomic E-state index is 1.11. The van der Waals surface area contributed by atoms with Crippen LogP contribution in [0.1, 0.15) is 81.0 Å². The van der Waals surface area contributed by atoms with Crippen molar-refractivity contribution in [3.05, 3.63) is 216 Å². The number of rotatable bonds is 7. The van der Waals surface area contributed by atoms with Crippen LogP contribution in [0.15, 0.2) is 183 Å². The molecule has 0 bridgehead atoms. The van der Waals surface area contributed by atoms with Crippen LogP contribution in [0, 0.1) is 0 Å². The van der Waals surface area contributed by atoms with E-state index >= 15 is 0 Å². The topological polar surface area (TPSA) is 9.86 Å². The highest BCUT2D eigenvalue weighted by Gasteiger charge is 2.23. The number of para-hydroxylation sites is 2. The number of aromatic nitrogens is 2. The van der Waals surface area contributed by atoms with Crippen molar-refractivity contribution in [2.75, 3.05) is 0 Å². The van der Waals surface area contributed by atoms with Gasteiger partial charge in [-0.05, 0) is 148 Å². The Labute approximate surface area is 396 Å². The summed E-state index contributed by atoms with van der Waals surface area (Å²) in [5.41, 5.74) is 21.3. The number of allylic oxidation sites excluding steroid dienone is 3. The van der Waals surface area contributed by atoms with Crippen LogP contribution in [0.2, 0.25) is 0 Å². The number of nitrogens with zero attached hydrogens (tertiary/aromatic N) is 2. The van der Waals surface area contributed by atoms with Gasteiger partial charge in [0.25, 0.3) is 0 Å². The fraction of sp³-hybridized carbons (Fsp3) is 0.138. The Kier molecular flexibility index (Phi) is 12.0. The molecule has 0 fully saturated rings. The van der Waals surface area contributed by atoms with Crippen molar-refractivity contribution in [1.29, 1.82) is 0 Å². The van der Waals surface area contributed by atoms with E-state index in [2.05, 4.69) is 217 Å². The van der Waals surface area contributed by atoms with E-state index in [1.807, 2.05) is 33.8 Å². The molecule has 2 aliphatic carbocycles. The number of benzene rings is 8. The monoisotopic (exact) mass is 866 g/mol. The molecule has 12 rings (SSSR count). The zero-order chi connectivity index (χ0) is 46.0. The molecule has 0 saturated carbocycles. The molecule has 0 amide bonds. The molecule has 0 unspecified atom stereocenters. The zero-order valence-electron chi connectivity index (χ0n) is 39.5. The van der Waals surface area contributed by atoms with Crippen LogP contribution in [-0.4, -0.2) is 9.13 Å². The van der Waals surface area contributed by atoms with Crippen LogP contribution < -0.4 is 0 Å². The molecule has 67 heavy (non-hydrogen) atoms. The van der Waals surface area contributed by atoms with Gasteiger partial charge in [0.05, 0.1) is 27.9 Å². The van der Waals surface area contributed by atoms with Gasteiger partial charge in [-0.2, -0.15) is 0 Å². The second-order valence-electron chi connectivity index (χ2n) is 17.0. The first-order chi connectivity index (χ1) is 33.2. The first kappa shape index (κ1) is 43.2. The smallest absolute Gasteiger partial charge is 0.0541 e. The van der Waals surface area contributed by atoms with Crippen molar-refractivity contribution in [3.63, 3.8) is 0 Å². The summed E-state index contributed by atoms with van der Waals surface area (Å²) in [5.74, 6) is 0. The Hall–Kier alpha value is -7.68. The summed E-state index contributed by atoms with van der Waals surface area (Å²) in [6, 6.07) is 58.3. The molecule has 0 saturated heterocycles. The summed E-state index contributed by atoms with van der Waals surface area (Å²) >= 11 is 0. The lowest BCUT2D eigenvalue weighted by atomic mass is 9.81. The quantitative estimate of drug-likeness (QED) is 0.151. The third-order valence-electron chi connectivity index (χ3n) is 13.6. The maximum atomic E-state index is 4.38. The second kappa shape index (κ2) is 18.7. The highest BCUT2D eigenvalue weighted by molar-refractivity contribution is 6.11. The summed E-state index contributed by atoms with van der Waals surface area (Å²) in [6.07, 6.45) is 20.3. The molecular formula is C65H58N2. The lowest BCUT2D eigenvalue weighted by molar-refractivity contribution is 0.911. The fourth-order valence-electron chi connectivity index (χ4n) is 10.7. The molecule has 2 nitrogen and oxygen atoms in total. The van der Waals surface area contributed by atoms with Gasteiger partial charge in [0.1, 0.15) is 0 Å². The third-order valence-corrected chi connectivity index (χ3v) is 13.6. The van der Waals surface area contributed by atoms with Gasteiger partial charge in [-0.1, -0.05) is 180 Å². The van der Waals surface area contributed by atoms with Crippen LogP contribution >= 0.6 is 0 Å². The van der Waals surface area contributed by atoms with Gasteiger partial charge in [-0.15, -0.1) is 0 Å². The average molecular weight is 867 g/mol. The number of hydrogen-bond acceptors (Lipinski definition) is 0. The van der Waals surface area contributed by atoms with Gasteiger partial charge in [0.2, 0.25) is 0 Å². The lowest BCUT2D eigenvalue weighted by Gasteiger charge is -2.24. The maximum absolute atomic E-state index is 4.38. The second-order valence-corrected chi connectivity index (χ2v) is 17.0. The Balaban J connectivity index is 0.00000128. The standard InChI is InChI=1S/C61H46N2.2C2H6/c1-3-16-52-55-37-43(31-35-60(55)62(57(52)4-2)45-33-34-51-49-22-9-8-20-47(49)48-21-10-11-23-50(48)54(51)39-45)44-32-36-61-56(38-44)53-24-13-15-26-59(53)63(61)58-25-14-12-19-46(58)42-29-27-41(28-30-42)40-17-6-5-7-18-40;2*1-2/h3-7,9,11-19,22-39H,2,8,10,20-21H2,1H3;2*1-2H3/b16-3-;;. The van der Waals surface area contributed by atoms with E-state index in [4.69, 9.17) is 0 Å². The summed E-state index contributed by atoms with van der Waals surface area (Å²) in [7, 11) is 0. The molecular weight excluding hydrogens is 809 g/mol. The van der Waals surface area contributed by atoms with Crippen molar-refractivity contribution < 1.29 is 0 Å². The highest BCUT2D eigenvalue weighted by atomic mass is 15.0. The van der Waals surface area contributed by atoms with Gasteiger partial charge in [0, 0.05) is 33.0 Å². The molecule has 2 heteroatoms. The summed E-state index contributed by atoms with van der Waals surface area (Å²) in [4.78, 5) is 0. The summed E-state index contributed by atoms with van der Waals surface area (Å²) in [6.45, 7) is 14.5. The van der Waals surface area contributed by atoms with E-state index in [0.29, 0.717) is 0 Å². The third kappa shape index (κ3) is 7.38. The minimum absolute atomic E-state index is 1.11. The van der Waals surface area contributed by atoms with E-state index in [9.17, 15) is 0 Å². The van der Waals surface area contributed by atoms with Gasteiger partial charge >= 0.3 is 0 Å².